The molecule has 0 spiro atoms. The number of carbonyl (C=O) groups is 2. The van der Waals surface area contributed by atoms with Crippen molar-refractivity contribution in [1.82, 2.24) is 4.90 Å². The van der Waals surface area contributed by atoms with Gasteiger partial charge in [0.2, 0.25) is 0 Å². The van der Waals surface area contributed by atoms with Crippen LogP contribution in [0.3, 0.4) is 0 Å². The molecule has 4 nitrogen and oxygen atoms in total. The summed E-state index contributed by atoms with van der Waals surface area (Å²) in [6, 6.07) is 3.56. The van der Waals surface area contributed by atoms with Gasteiger partial charge in [0.1, 0.15) is 5.82 Å². The third kappa shape index (κ3) is 3.52. The number of hydrogen-bond acceptors (Lipinski definition) is 3. The normalized spacial score (nSPS) is 18.9. The lowest BCUT2D eigenvalue weighted by molar-refractivity contribution is -0.138. The number of nitrogens with zero attached hydrogens (tertiary/aromatic N) is 1. The number of carboxylic acids is 1. The summed E-state index contributed by atoms with van der Waals surface area (Å²) in [6.45, 7) is 0.477. The maximum absolute atomic E-state index is 13.3. The fraction of sp³-hybridized carbons (Fsp3) is 0.385. The van der Waals surface area contributed by atoms with Crippen molar-refractivity contribution in [3.63, 3.8) is 0 Å². The summed E-state index contributed by atoms with van der Waals surface area (Å²) < 4.78 is 13.8. The Morgan fingerprint density at radius 2 is 2.25 bits per heavy atom. The summed E-state index contributed by atoms with van der Waals surface area (Å²) in [5.41, 5.74) is 0.229. The van der Waals surface area contributed by atoms with Gasteiger partial charge in [0.15, 0.2) is 0 Å². The summed E-state index contributed by atoms with van der Waals surface area (Å²) in [5.74, 6) is -0.408. The summed E-state index contributed by atoms with van der Waals surface area (Å²) >= 11 is 4.86. The fourth-order valence-corrected chi connectivity index (χ4v) is 3.59. The quantitative estimate of drug-likeness (QED) is 0.898. The molecule has 108 valence electrons. The molecule has 0 radical (unpaired) electrons. The van der Waals surface area contributed by atoms with Crippen LogP contribution in [0.5, 0.6) is 0 Å². The monoisotopic (exact) mass is 361 g/mol. The van der Waals surface area contributed by atoms with Gasteiger partial charge in [-0.3, -0.25) is 9.59 Å². The summed E-state index contributed by atoms with van der Waals surface area (Å²) in [6.07, 6.45) is -0.0916. The van der Waals surface area contributed by atoms with Gasteiger partial charge in [-0.05, 0) is 34.1 Å². The first-order valence-corrected chi connectivity index (χ1v) is 7.99. The zero-order valence-electron chi connectivity index (χ0n) is 10.5. The number of halogens is 2. The number of hydrogen-bond donors (Lipinski definition) is 1. The molecule has 0 aliphatic carbocycles. The molecule has 0 bridgehead atoms. The molecule has 1 aromatic carbocycles. The Morgan fingerprint density at radius 3 is 2.95 bits per heavy atom. The maximum Gasteiger partial charge on any atom is 0.305 e. The average molecular weight is 362 g/mol. The number of benzene rings is 1. The first-order valence-electron chi connectivity index (χ1n) is 6.04. The Bertz CT molecular complexity index is 540. The molecule has 20 heavy (non-hydrogen) atoms. The molecule has 1 saturated heterocycles. The summed E-state index contributed by atoms with van der Waals surface area (Å²) in [7, 11) is 0. The van der Waals surface area contributed by atoms with Crippen LogP contribution in [0.25, 0.3) is 0 Å². The van der Waals surface area contributed by atoms with Gasteiger partial charge in [0.05, 0.1) is 18.0 Å². The van der Waals surface area contributed by atoms with Crippen LogP contribution < -0.4 is 0 Å². The first kappa shape index (κ1) is 15.3. The highest BCUT2D eigenvalue weighted by molar-refractivity contribution is 9.10. The lowest BCUT2D eigenvalue weighted by Gasteiger charge is -2.34. The highest BCUT2D eigenvalue weighted by Crippen LogP contribution is 2.25. The van der Waals surface area contributed by atoms with E-state index in [9.17, 15) is 14.0 Å². The standard InChI is InChI=1S/C13H13BrFNO3S/c14-11-2-1-8(15)5-10(11)13(19)16-3-4-20-7-9(16)6-12(17)18/h1-2,5,9H,3-4,6-7H2,(H,17,18). The van der Waals surface area contributed by atoms with Crippen molar-refractivity contribution in [2.75, 3.05) is 18.1 Å². The van der Waals surface area contributed by atoms with Crippen LogP contribution in [-0.4, -0.2) is 46.0 Å². The lowest BCUT2D eigenvalue weighted by atomic mass is 10.1. The minimum absolute atomic E-state index is 0.0916. The third-order valence-corrected chi connectivity index (χ3v) is 4.84. The lowest BCUT2D eigenvalue weighted by Crippen LogP contribution is -2.47. The highest BCUT2D eigenvalue weighted by atomic mass is 79.9. The van der Waals surface area contributed by atoms with Crippen LogP contribution in [0.1, 0.15) is 16.8 Å². The van der Waals surface area contributed by atoms with Gasteiger partial charge >= 0.3 is 5.97 Å². The number of rotatable bonds is 3. The molecular weight excluding hydrogens is 349 g/mol. The minimum Gasteiger partial charge on any atom is -0.481 e. The van der Waals surface area contributed by atoms with E-state index in [-0.39, 0.29) is 23.9 Å². The molecular formula is C13H13BrFNO3S. The Hall–Kier alpha value is -1.08. The van der Waals surface area contributed by atoms with E-state index in [1.54, 1.807) is 11.8 Å². The second-order valence-corrected chi connectivity index (χ2v) is 6.45. The van der Waals surface area contributed by atoms with Gasteiger partial charge in [0.25, 0.3) is 5.91 Å². The number of amides is 1. The van der Waals surface area contributed by atoms with Gasteiger partial charge in [0, 0.05) is 22.5 Å². The van der Waals surface area contributed by atoms with Gasteiger partial charge in [-0.1, -0.05) is 0 Å². The molecule has 0 saturated carbocycles. The van der Waals surface area contributed by atoms with Crippen LogP contribution in [-0.2, 0) is 4.79 Å². The van der Waals surface area contributed by atoms with Crippen molar-refractivity contribution in [2.45, 2.75) is 12.5 Å². The Kier molecular flexibility index (Phi) is 5.04. The van der Waals surface area contributed by atoms with E-state index >= 15 is 0 Å². The van der Waals surface area contributed by atoms with Gasteiger partial charge in [-0.15, -0.1) is 0 Å². The smallest absolute Gasteiger partial charge is 0.305 e. The zero-order valence-corrected chi connectivity index (χ0v) is 12.9. The number of thioether (sulfide) groups is 1. The van der Waals surface area contributed by atoms with Crippen molar-refractivity contribution in [3.8, 4) is 0 Å². The molecule has 1 atom stereocenters. The maximum atomic E-state index is 13.3. The molecule has 1 fully saturated rings. The molecule has 2 rings (SSSR count). The van der Waals surface area contributed by atoms with Crippen LogP contribution in [0.4, 0.5) is 4.39 Å². The van der Waals surface area contributed by atoms with Crippen molar-refractivity contribution < 1.29 is 19.1 Å². The predicted octanol–water partition coefficient (Wildman–Crippen LogP) is 2.62. The molecule has 1 amide bonds. The molecule has 1 unspecified atom stereocenters. The minimum atomic E-state index is -0.936. The summed E-state index contributed by atoms with van der Waals surface area (Å²) in [5, 5.41) is 8.92. The zero-order chi connectivity index (χ0) is 14.7. The molecule has 1 aliphatic rings. The molecule has 0 aromatic heterocycles. The second-order valence-electron chi connectivity index (χ2n) is 4.45. The van der Waals surface area contributed by atoms with E-state index in [1.807, 2.05) is 0 Å². The van der Waals surface area contributed by atoms with E-state index in [0.29, 0.717) is 16.8 Å². The van der Waals surface area contributed by atoms with Crippen LogP contribution in [0.15, 0.2) is 22.7 Å². The molecule has 1 N–H and O–H groups in total. The topological polar surface area (TPSA) is 57.6 Å². The van der Waals surface area contributed by atoms with E-state index in [0.717, 1.165) is 5.75 Å². The Labute approximate surface area is 128 Å². The third-order valence-electron chi connectivity index (χ3n) is 3.06. The van der Waals surface area contributed by atoms with E-state index in [2.05, 4.69) is 15.9 Å². The average Bonchev–Trinajstić information content (AvgIpc) is 2.41. The summed E-state index contributed by atoms with van der Waals surface area (Å²) in [4.78, 5) is 24.9. The van der Waals surface area contributed by atoms with Gasteiger partial charge in [-0.2, -0.15) is 11.8 Å². The van der Waals surface area contributed by atoms with Crippen molar-refractivity contribution in [2.24, 2.45) is 0 Å². The fourth-order valence-electron chi connectivity index (χ4n) is 2.11. The Balaban J connectivity index is 2.25. The van der Waals surface area contributed by atoms with E-state index in [4.69, 9.17) is 5.11 Å². The largest absolute Gasteiger partial charge is 0.481 e. The van der Waals surface area contributed by atoms with Gasteiger partial charge in [-0.25, -0.2) is 4.39 Å². The Morgan fingerprint density at radius 1 is 1.50 bits per heavy atom. The number of aliphatic carboxylic acids is 1. The van der Waals surface area contributed by atoms with Crippen molar-refractivity contribution in [3.05, 3.63) is 34.1 Å². The van der Waals surface area contributed by atoms with Crippen LogP contribution in [0.2, 0.25) is 0 Å². The van der Waals surface area contributed by atoms with Gasteiger partial charge < -0.3 is 10.0 Å². The van der Waals surface area contributed by atoms with E-state index in [1.165, 1.54) is 23.1 Å². The van der Waals surface area contributed by atoms with Crippen molar-refractivity contribution in [1.29, 1.82) is 0 Å². The van der Waals surface area contributed by atoms with Crippen molar-refractivity contribution >= 4 is 39.6 Å². The van der Waals surface area contributed by atoms with Crippen LogP contribution >= 0.6 is 27.7 Å². The SMILES string of the molecule is O=C(O)CC1CSCCN1C(=O)c1cc(F)ccc1Br. The molecule has 1 heterocycles. The van der Waals surface area contributed by atoms with E-state index < -0.39 is 11.8 Å². The molecule has 7 heteroatoms. The number of carboxylic acid groups (broad SMARTS) is 1. The van der Waals surface area contributed by atoms with Crippen LogP contribution in [0, 0.1) is 5.82 Å². The predicted molar refractivity (Wildman–Crippen MR) is 78.5 cm³/mol. The highest BCUT2D eigenvalue weighted by Gasteiger charge is 2.30. The molecule has 1 aliphatic heterocycles. The first-order chi connectivity index (χ1) is 9.49. The number of carbonyl (C=O) groups excluding carboxylic acids is 1. The molecule has 1 aromatic rings. The second kappa shape index (κ2) is 6.58.